The molecule has 0 saturated carbocycles. The van der Waals surface area contributed by atoms with Gasteiger partial charge in [0.25, 0.3) is 0 Å². The molecular weight excluding hydrogens is 398 g/mol. The highest BCUT2D eigenvalue weighted by Crippen LogP contribution is 2.34. The van der Waals surface area contributed by atoms with Gasteiger partial charge in [0.1, 0.15) is 5.75 Å². The van der Waals surface area contributed by atoms with Gasteiger partial charge in [0.15, 0.2) is 5.96 Å². The second-order valence-corrected chi connectivity index (χ2v) is 4.50. The quantitative estimate of drug-likeness (QED) is 0.772. The second-order valence-electron chi connectivity index (χ2n) is 4.50. The third-order valence-corrected chi connectivity index (χ3v) is 3.12. The van der Waals surface area contributed by atoms with E-state index in [4.69, 9.17) is 4.74 Å². The lowest BCUT2D eigenvalue weighted by Gasteiger charge is -2.18. The molecule has 0 unspecified atom stereocenters. The molecule has 118 valence electrons. The average molecular weight is 415 g/mol. The summed E-state index contributed by atoms with van der Waals surface area (Å²) in [7, 11) is 3.19. The lowest BCUT2D eigenvalue weighted by Crippen LogP contribution is -2.35. The van der Waals surface area contributed by atoms with Gasteiger partial charge in [-0.15, -0.1) is 24.0 Å². The molecule has 0 amide bonds. The first kappa shape index (κ1) is 17.9. The van der Waals surface area contributed by atoms with Crippen LogP contribution in [0.5, 0.6) is 5.75 Å². The lowest BCUT2D eigenvalue weighted by molar-refractivity contribution is -0.138. The molecule has 8 heteroatoms. The van der Waals surface area contributed by atoms with Crippen LogP contribution in [0.4, 0.5) is 13.2 Å². The Hall–Kier alpha value is -1.19. The van der Waals surface area contributed by atoms with E-state index in [0.717, 1.165) is 12.6 Å². The Morgan fingerprint density at radius 2 is 2.10 bits per heavy atom. The van der Waals surface area contributed by atoms with Crippen molar-refractivity contribution in [1.29, 1.82) is 0 Å². The minimum Gasteiger partial charge on any atom is -0.497 e. The molecule has 0 fully saturated rings. The third kappa shape index (κ3) is 4.39. The number of rotatable bonds is 3. The average Bonchev–Trinajstić information content (AvgIpc) is 2.80. The summed E-state index contributed by atoms with van der Waals surface area (Å²) in [5.41, 5.74) is -0.521. The molecule has 0 saturated heterocycles. The van der Waals surface area contributed by atoms with Crippen molar-refractivity contribution >= 4 is 29.9 Å². The molecule has 0 aliphatic carbocycles. The lowest BCUT2D eigenvalue weighted by atomic mass is 10.1. The highest BCUT2D eigenvalue weighted by Gasteiger charge is 2.33. The molecule has 0 spiro atoms. The normalized spacial score (nSPS) is 14.5. The van der Waals surface area contributed by atoms with Crippen molar-refractivity contribution in [3.8, 4) is 5.75 Å². The van der Waals surface area contributed by atoms with Gasteiger partial charge in [0.2, 0.25) is 0 Å². The summed E-state index contributed by atoms with van der Waals surface area (Å²) in [5.74, 6) is 0.811. The van der Waals surface area contributed by atoms with Gasteiger partial charge in [0.05, 0.1) is 19.2 Å². The van der Waals surface area contributed by atoms with E-state index in [-0.39, 0.29) is 41.8 Å². The number of benzene rings is 1. The Balaban J connectivity index is 0.00000220. The van der Waals surface area contributed by atoms with E-state index in [9.17, 15) is 13.2 Å². The van der Waals surface area contributed by atoms with Gasteiger partial charge in [-0.2, -0.15) is 13.2 Å². The Bertz CT molecular complexity index is 520. The zero-order valence-corrected chi connectivity index (χ0v) is 14.0. The number of halogens is 4. The first-order chi connectivity index (χ1) is 9.41. The fraction of sp³-hybridized carbons (Fsp3) is 0.462. The molecule has 1 N–H and O–H groups in total. The molecule has 1 aromatic rings. The van der Waals surface area contributed by atoms with Crippen LogP contribution in [0.3, 0.4) is 0 Å². The van der Waals surface area contributed by atoms with Gasteiger partial charge in [-0.25, -0.2) is 0 Å². The van der Waals surface area contributed by atoms with E-state index < -0.39 is 11.7 Å². The fourth-order valence-corrected chi connectivity index (χ4v) is 2.00. The van der Waals surface area contributed by atoms with Crippen molar-refractivity contribution in [3.63, 3.8) is 0 Å². The van der Waals surface area contributed by atoms with Crippen LogP contribution in [0.2, 0.25) is 0 Å². The molecule has 1 aliphatic heterocycles. The van der Waals surface area contributed by atoms with E-state index in [2.05, 4.69) is 10.3 Å². The number of ether oxygens (including phenoxy) is 1. The number of nitrogens with zero attached hydrogens (tertiary/aromatic N) is 2. The SMILES string of the molecule is COc1ccc(CNC2=NCCN2C)c(C(F)(F)F)c1.I. The fourth-order valence-electron chi connectivity index (χ4n) is 2.00. The van der Waals surface area contributed by atoms with E-state index in [1.165, 1.54) is 19.2 Å². The summed E-state index contributed by atoms with van der Waals surface area (Å²) in [6.07, 6.45) is -4.41. The Morgan fingerprint density at radius 3 is 2.62 bits per heavy atom. The maximum Gasteiger partial charge on any atom is 0.416 e. The predicted octanol–water partition coefficient (Wildman–Crippen LogP) is 2.72. The Kier molecular flexibility index (Phi) is 6.11. The van der Waals surface area contributed by atoms with Crippen molar-refractivity contribution in [2.24, 2.45) is 4.99 Å². The van der Waals surface area contributed by atoms with Gasteiger partial charge >= 0.3 is 6.18 Å². The third-order valence-electron chi connectivity index (χ3n) is 3.12. The molecule has 1 heterocycles. The second kappa shape index (κ2) is 7.19. The van der Waals surface area contributed by atoms with Crippen LogP contribution >= 0.6 is 24.0 Å². The minimum absolute atomic E-state index is 0. The van der Waals surface area contributed by atoms with Gasteiger partial charge in [0, 0.05) is 20.1 Å². The molecular formula is C13H17F3IN3O. The van der Waals surface area contributed by atoms with Crippen LogP contribution in [-0.4, -0.2) is 38.1 Å². The molecule has 2 rings (SSSR count). The molecule has 0 aromatic heterocycles. The summed E-state index contributed by atoms with van der Waals surface area (Å²) in [4.78, 5) is 6.05. The molecule has 21 heavy (non-hydrogen) atoms. The number of hydrogen-bond acceptors (Lipinski definition) is 4. The minimum atomic E-state index is -4.41. The van der Waals surface area contributed by atoms with E-state index >= 15 is 0 Å². The van der Waals surface area contributed by atoms with Crippen molar-refractivity contribution in [2.45, 2.75) is 12.7 Å². The Morgan fingerprint density at radius 1 is 1.38 bits per heavy atom. The number of aliphatic imine (C=N–C) groups is 1. The van der Waals surface area contributed by atoms with Crippen LogP contribution in [0.25, 0.3) is 0 Å². The van der Waals surface area contributed by atoms with Crippen LogP contribution in [0, 0.1) is 0 Å². The molecule has 0 atom stereocenters. The van der Waals surface area contributed by atoms with Gasteiger partial charge in [-0.3, -0.25) is 4.99 Å². The summed E-state index contributed by atoms with van der Waals surface area (Å²) >= 11 is 0. The van der Waals surface area contributed by atoms with Crippen molar-refractivity contribution in [1.82, 2.24) is 10.2 Å². The van der Waals surface area contributed by atoms with E-state index in [0.29, 0.717) is 12.5 Å². The van der Waals surface area contributed by atoms with Crippen LogP contribution in [-0.2, 0) is 12.7 Å². The zero-order chi connectivity index (χ0) is 14.8. The van der Waals surface area contributed by atoms with Crippen LogP contribution < -0.4 is 10.1 Å². The maximum atomic E-state index is 13.0. The highest BCUT2D eigenvalue weighted by atomic mass is 127. The summed E-state index contributed by atoms with van der Waals surface area (Å²) in [5, 5.41) is 2.93. The number of methoxy groups -OCH3 is 1. The number of guanidine groups is 1. The van der Waals surface area contributed by atoms with Crippen molar-refractivity contribution in [2.75, 3.05) is 27.2 Å². The van der Waals surface area contributed by atoms with Crippen LogP contribution in [0.15, 0.2) is 23.2 Å². The smallest absolute Gasteiger partial charge is 0.416 e. The van der Waals surface area contributed by atoms with Crippen molar-refractivity contribution < 1.29 is 17.9 Å². The molecule has 0 bridgehead atoms. The number of alkyl halides is 3. The predicted molar refractivity (Wildman–Crippen MR) is 85.2 cm³/mol. The Labute approximate surface area is 138 Å². The number of nitrogens with one attached hydrogen (secondary N) is 1. The topological polar surface area (TPSA) is 36.9 Å². The van der Waals surface area contributed by atoms with E-state index in [1.807, 2.05) is 11.9 Å². The standard InChI is InChI=1S/C13H16F3N3O.HI/c1-19-6-5-17-12(19)18-8-9-3-4-10(20-2)7-11(9)13(14,15)16;/h3-4,7H,5-6,8H2,1-2H3,(H,17,18);1H. The summed E-state index contributed by atoms with van der Waals surface area (Å²) in [6, 6.07) is 3.95. The van der Waals surface area contributed by atoms with Gasteiger partial charge < -0.3 is 15.0 Å². The highest BCUT2D eigenvalue weighted by molar-refractivity contribution is 14.0. The maximum absolute atomic E-state index is 13.0. The van der Waals surface area contributed by atoms with Gasteiger partial charge in [-0.05, 0) is 17.7 Å². The molecule has 1 aliphatic rings. The summed E-state index contributed by atoms with van der Waals surface area (Å²) in [6.45, 7) is 1.51. The van der Waals surface area contributed by atoms with Crippen molar-refractivity contribution in [3.05, 3.63) is 29.3 Å². The molecule has 0 radical (unpaired) electrons. The number of likely N-dealkylation sites (N-methyl/N-ethyl adjacent to an activating group) is 1. The van der Waals surface area contributed by atoms with Gasteiger partial charge in [-0.1, -0.05) is 6.07 Å². The first-order valence-corrected chi connectivity index (χ1v) is 6.15. The zero-order valence-electron chi connectivity index (χ0n) is 11.7. The van der Waals surface area contributed by atoms with E-state index in [1.54, 1.807) is 0 Å². The number of hydrogen-bond donors (Lipinski definition) is 1. The van der Waals surface area contributed by atoms with Crippen LogP contribution in [0.1, 0.15) is 11.1 Å². The largest absolute Gasteiger partial charge is 0.497 e. The molecule has 1 aromatic carbocycles. The summed E-state index contributed by atoms with van der Waals surface area (Å²) < 4.78 is 43.9. The monoisotopic (exact) mass is 415 g/mol. The first-order valence-electron chi connectivity index (χ1n) is 6.15. The molecule has 4 nitrogen and oxygen atoms in total.